The van der Waals surface area contributed by atoms with Gasteiger partial charge in [0.2, 0.25) is 0 Å². The highest BCUT2D eigenvalue weighted by Crippen LogP contribution is 2.51. The Morgan fingerprint density at radius 1 is 0.390 bits per heavy atom. The van der Waals surface area contributed by atoms with Crippen molar-refractivity contribution >= 4 is 81.0 Å². The number of para-hydroxylation sites is 3. The van der Waals surface area contributed by atoms with Crippen LogP contribution in [-0.4, -0.2) is 167 Å². The molecule has 16 heteroatoms. The minimum absolute atomic E-state index is 0.588. The highest BCUT2D eigenvalue weighted by Gasteiger charge is 2.34. The van der Waals surface area contributed by atoms with Gasteiger partial charge in [-0.1, -0.05) is 103 Å². The van der Waals surface area contributed by atoms with Gasteiger partial charge in [0.05, 0.1) is 39.7 Å². The minimum atomic E-state index is -4.33. The van der Waals surface area contributed by atoms with E-state index in [1.165, 1.54) is 164 Å². The molecule has 0 aromatic heterocycles. The molecule has 82 heavy (non-hydrogen) atoms. The van der Waals surface area contributed by atoms with Crippen LogP contribution in [0.5, 0.6) is 0 Å². The number of benzene rings is 6. The van der Waals surface area contributed by atoms with E-state index in [0.29, 0.717) is 12.2 Å². The summed E-state index contributed by atoms with van der Waals surface area (Å²) in [6, 6.07) is 42.7. The first kappa shape index (κ1) is 60.7. The fraction of sp³-hybridized carbons (Fsp3) is 0.455. The molecular weight excluding hydrogens is 1110 g/mol. The molecule has 0 radical (unpaired) electrons. The van der Waals surface area contributed by atoms with Gasteiger partial charge in [-0.15, -0.1) is 0 Å². The molecule has 6 heterocycles. The van der Waals surface area contributed by atoms with Gasteiger partial charge >= 0.3 is 6.18 Å². The summed E-state index contributed by atoms with van der Waals surface area (Å²) in [6.07, 6.45) is 1.49. The third-order valence-corrected chi connectivity index (χ3v) is 20.1. The molecule has 0 amide bonds. The maximum atomic E-state index is 13.3. The van der Waals surface area contributed by atoms with Crippen molar-refractivity contribution in [2.75, 3.05) is 153 Å². The van der Waals surface area contributed by atoms with Crippen molar-refractivity contribution in [1.29, 1.82) is 0 Å². The smallest absolute Gasteiger partial charge is 0.340 e. The molecule has 12 rings (SSSR count). The van der Waals surface area contributed by atoms with Crippen LogP contribution in [0.4, 0.5) is 47.3 Å². The summed E-state index contributed by atoms with van der Waals surface area (Å²) in [5, 5.41) is 0.811. The predicted molar refractivity (Wildman–Crippen MR) is 341 cm³/mol. The first-order valence-electron chi connectivity index (χ1n) is 30.0. The molecule has 3 saturated heterocycles. The predicted octanol–water partition coefficient (Wildman–Crippen LogP) is 15.3. The second kappa shape index (κ2) is 29.1. The second-order valence-electron chi connectivity index (χ2n) is 22.5. The fourth-order valence-electron chi connectivity index (χ4n) is 12.0. The maximum Gasteiger partial charge on any atom is 0.416 e. The van der Waals surface area contributed by atoms with E-state index in [2.05, 4.69) is 151 Å². The molecule has 6 aliphatic rings. The average molecular weight is 1190 g/mol. The van der Waals surface area contributed by atoms with Gasteiger partial charge in [0.25, 0.3) is 0 Å². The van der Waals surface area contributed by atoms with Crippen molar-refractivity contribution in [3.8, 4) is 0 Å². The van der Waals surface area contributed by atoms with Gasteiger partial charge in [0.1, 0.15) is 0 Å². The summed E-state index contributed by atoms with van der Waals surface area (Å²) >= 11 is 11.6. The van der Waals surface area contributed by atoms with Crippen molar-refractivity contribution in [3.05, 3.63) is 144 Å². The molecule has 0 spiro atoms. The first-order chi connectivity index (χ1) is 39.9. The Morgan fingerprint density at radius 3 is 1.15 bits per heavy atom. The molecule has 0 saturated carbocycles. The van der Waals surface area contributed by atoms with Crippen LogP contribution < -0.4 is 14.7 Å². The number of likely N-dealkylation sites (N-methyl/N-ethyl adjacent to an activating group) is 1. The van der Waals surface area contributed by atoms with E-state index in [0.717, 1.165) is 72.7 Å². The molecule has 0 atom stereocenters. The lowest BCUT2D eigenvalue weighted by Crippen LogP contribution is -2.47. The highest BCUT2D eigenvalue weighted by atomic mass is 35.5. The monoisotopic (exact) mass is 1190 g/mol. The quantitative estimate of drug-likeness (QED) is 0.0925. The van der Waals surface area contributed by atoms with Crippen molar-refractivity contribution in [2.45, 2.75) is 88.4 Å². The summed E-state index contributed by atoms with van der Waals surface area (Å²) in [4.78, 5) is 29.7. The lowest BCUT2D eigenvalue weighted by molar-refractivity contribution is -0.137. The molecule has 0 bridgehead atoms. The highest BCUT2D eigenvalue weighted by molar-refractivity contribution is 8.00. The lowest BCUT2D eigenvalue weighted by atomic mass is 10.1. The van der Waals surface area contributed by atoms with Gasteiger partial charge in [-0.05, 0) is 169 Å². The minimum Gasteiger partial charge on any atom is -0.340 e. The Hall–Kier alpha value is -4.39. The van der Waals surface area contributed by atoms with Crippen LogP contribution in [0.15, 0.2) is 157 Å². The normalized spacial score (nSPS) is 17.8. The number of halogens is 4. The van der Waals surface area contributed by atoms with Crippen molar-refractivity contribution in [3.63, 3.8) is 0 Å². The Balaban J connectivity index is 0.000000138. The summed E-state index contributed by atoms with van der Waals surface area (Å²) in [5.74, 6) is 0. The summed E-state index contributed by atoms with van der Waals surface area (Å²) in [6.45, 7) is 29.4. The van der Waals surface area contributed by atoms with E-state index in [1.54, 1.807) is 17.8 Å². The van der Waals surface area contributed by atoms with Crippen LogP contribution in [0.3, 0.4) is 0 Å². The van der Waals surface area contributed by atoms with Gasteiger partial charge in [-0.3, -0.25) is 0 Å². The molecular formula is C66H83ClF3N9S3. The molecule has 6 aromatic rings. The summed E-state index contributed by atoms with van der Waals surface area (Å²) < 4.78 is 39.8. The third kappa shape index (κ3) is 15.7. The number of rotatable bonds is 16. The number of nitrogens with zero attached hydrogens (tertiary/aromatic N) is 9. The van der Waals surface area contributed by atoms with Crippen LogP contribution >= 0.6 is 46.9 Å². The van der Waals surface area contributed by atoms with E-state index < -0.39 is 11.7 Å². The number of fused-ring (bicyclic) bond motifs is 6. The SMILES string of the molecule is CCCN1CCN(CCCN2c3ccccc3Sc3ccc(C)cc32)CC1.CCCN1CCN(CCCN2c3ccccc3Sc3ccc(Cl)cc32)CC1.CN1CCN(CCCN2c3ccccc3Sc3ccc(C(F)(F)F)cc32)CC1. The summed E-state index contributed by atoms with van der Waals surface area (Å²) in [7, 11) is 2.13. The van der Waals surface area contributed by atoms with Gasteiger partial charge in [-0.25, -0.2) is 0 Å². The number of alkyl halides is 3. The van der Waals surface area contributed by atoms with Crippen LogP contribution in [0.1, 0.15) is 57.1 Å². The molecule has 0 aliphatic carbocycles. The Bertz CT molecular complexity index is 2880. The van der Waals surface area contributed by atoms with Gasteiger partial charge in [-0.2, -0.15) is 13.2 Å². The largest absolute Gasteiger partial charge is 0.416 e. The van der Waals surface area contributed by atoms with Crippen molar-refractivity contribution < 1.29 is 13.2 Å². The van der Waals surface area contributed by atoms with Crippen molar-refractivity contribution in [2.24, 2.45) is 0 Å². The second-order valence-corrected chi connectivity index (χ2v) is 26.2. The Morgan fingerprint density at radius 2 is 0.732 bits per heavy atom. The van der Waals surface area contributed by atoms with E-state index in [9.17, 15) is 13.2 Å². The van der Waals surface area contributed by atoms with Crippen LogP contribution in [0.25, 0.3) is 0 Å². The molecule has 0 unspecified atom stereocenters. The molecule has 0 N–H and O–H groups in total. The zero-order chi connectivity index (χ0) is 57.0. The number of piperazine rings is 3. The van der Waals surface area contributed by atoms with Gasteiger partial charge < -0.3 is 44.1 Å². The van der Waals surface area contributed by atoms with Crippen LogP contribution in [0.2, 0.25) is 5.02 Å². The van der Waals surface area contributed by atoms with Gasteiger partial charge in [0.15, 0.2) is 0 Å². The van der Waals surface area contributed by atoms with Crippen molar-refractivity contribution in [1.82, 2.24) is 29.4 Å². The standard InChI is InChI=1S/C23H31N3S.C22H28ClN3S.C21H24F3N3S/c1-3-11-24-14-16-25(17-15-24)12-6-13-26-20-7-4-5-8-22(20)27-23-10-9-19(2)18-21(23)26;1-2-10-24-13-15-25(16-14-24)11-5-12-26-19-6-3-4-7-21(19)27-22-9-8-18(23)17-20(22)26;1-25-11-13-26(14-12-25)9-4-10-27-17-5-2-3-6-19(17)28-20-8-7-16(15-18(20)27)21(22,23)24/h4-5,7-10,18H,3,6,11-17H2,1-2H3;3-4,6-9,17H,2,5,10-16H2,1H3;2-3,5-8,15H,4,9-14H2,1H3. The number of anilines is 6. The van der Waals surface area contributed by atoms with Gasteiger partial charge in [0, 0.05) is 133 Å². The van der Waals surface area contributed by atoms with E-state index >= 15 is 0 Å². The molecule has 6 aliphatic heterocycles. The number of hydrogen-bond acceptors (Lipinski definition) is 12. The third-order valence-electron chi connectivity index (χ3n) is 16.5. The van der Waals surface area contributed by atoms with E-state index in [-0.39, 0.29) is 0 Å². The van der Waals surface area contributed by atoms with Crippen LogP contribution in [-0.2, 0) is 6.18 Å². The van der Waals surface area contributed by atoms with Crippen LogP contribution in [0, 0.1) is 6.92 Å². The molecule has 6 aromatic carbocycles. The zero-order valence-corrected chi connectivity index (χ0v) is 51.8. The Labute approximate surface area is 505 Å². The molecule has 9 nitrogen and oxygen atoms in total. The topological polar surface area (TPSA) is 29.2 Å². The number of aryl methyl sites for hydroxylation is 1. The maximum absolute atomic E-state index is 13.3. The molecule has 438 valence electrons. The molecule has 3 fully saturated rings. The first-order valence-corrected chi connectivity index (χ1v) is 32.8. The fourth-order valence-corrected chi connectivity index (χ4v) is 15.4. The average Bonchev–Trinajstić information content (AvgIpc) is 3.54. The summed E-state index contributed by atoms with van der Waals surface area (Å²) in [5.41, 5.74) is 7.72. The number of hydrogen-bond donors (Lipinski definition) is 0. The Kier molecular flexibility index (Phi) is 21.6. The zero-order valence-electron chi connectivity index (χ0n) is 48.6. The van der Waals surface area contributed by atoms with E-state index in [4.69, 9.17) is 11.6 Å². The van der Waals surface area contributed by atoms with E-state index in [1.807, 2.05) is 53.9 Å². The lowest BCUT2D eigenvalue weighted by Gasteiger charge is -2.36.